The van der Waals surface area contributed by atoms with Gasteiger partial charge >= 0.3 is 5.97 Å². The normalized spacial score (nSPS) is 10.4. The number of anilines is 1. The molecule has 0 saturated heterocycles. The molecule has 0 aliphatic rings. The van der Waals surface area contributed by atoms with Crippen LogP contribution in [0.5, 0.6) is 5.75 Å². The lowest BCUT2D eigenvalue weighted by Crippen LogP contribution is -2.20. The molecule has 2 N–H and O–H groups in total. The molecule has 2 aromatic carbocycles. The van der Waals surface area contributed by atoms with Crippen LogP contribution in [0.3, 0.4) is 0 Å². The van der Waals surface area contributed by atoms with Crippen molar-refractivity contribution in [2.75, 3.05) is 18.5 Å². The van der Waals surface area contributed by atoms with Gasteiger partial charge in [0.05, 0.1) is 6.61 Å². The van der Waals surface area contributed by atoms with Crippen LogP contribution in [0.2, 0.25) is 0 Å². The number of hydrogen-bond acceptors (Lipinski definition) is 6. The highest BCUT2D eigenvalue weighted by Gasteiger charge is 2.22. The summed E-state index contributed by atoms with van der Waals surface area (Å²) in [7, 11) is 0. The quantitative estimate of drug-likeness (QED) is 0.540. The summed E-state index contributed by atoms with van der Waals surface area (Å²) < 4.78 is 11.4. The molecule has 3 rings (SSSR count). The number of para-hydroxylation sites is 1. The minimum Gasteiger partial charge on any atom is -0.483 e. The molecular weight excluding hydrogens is 428 g/mol. The van der Waals surface area contributed by atoms with Gasteiger partial charge in [-0.1, -0.05) is 34.1 Å². The third kappa shape index (κ3) is 4.74. The van der Waals surface area contributed by atoms with Crippen LogP contribution in [0.1, 0.15) is 17.4 Å². The first-order chi connectivity index (χ1) is 13.6. The Kier molecular flexibility index (Phi) is 6.38. The average Bonchev–Trinajstić information content (AvgIpc) is 3.18. The van der Waals surface area contributed by atoms with Gasteiger partial charge in [0, 0.05) is 15.7 Å². The molecule has 3 aromatic rings. The van der Waals surface area contributed by atoms with Gasteiger partial charge in [0.25, 0.3) is 5.91 Å². The summed E-state index contributed by atoms with van der Waals surface area (Å²) >= 11 is 3.39. The number of halogens is 1. The van der Waals surface area contributed by atoms with E-state index in [1.54, 1.807) is 37.3 Å². The van der Waals surface area contributed by atoms with Gasteiger partial charge < -0.3 is 14.8 Å². The Bertz CT molecular complexity index is 975. The second kappa shape index (κ2) is 9.14. The van der Waals surface area contributed by atoms with Crippen molar-refractivity contribution < 1.29 is 19.1 Å². The highest BCUT2D eigenvalue weighted by Crippen LogP contribution is 2.33. The smallest absolute Gasteiger partial charge is 0.361 e. The van der Waals surface area contributed by atoms with Crippen LogP contribution in [0.4, 0.5) is 5.69 Å². The standard InChI is InChI=1S/C19H17BrN4O4/c1-2-27-19(26)18-17(22-24-23-18)14-10-12(20)8-9-15(14)28-11-16(25)21-13-6-4-3-5-7-13/h3-10H,2,11H2,1H3,(H,21,25)(H,22,23,24). The molecule has 0 saturated carbocycles. The zero-order valence-corrected chi connectivity index (χ0v) is 16.5. The first-order valence-corrected chi connectivity index (χ1v) is 9.23. The van der Waals surface area contributed by atoms with Crippen LogP contribution in [0, 0.1) is 0 Å². The summed E-state index contributed by atoms with van der Waals surface area (Å²) in [6.07, 6.45) is 0. The molecule has 0 spiro atoms. The van der Waals surface area contributed by atoms with Crippen molar-refractivity contribution in [2.24, 2.45) is 0 Å². The lowest BCUT2D eigenvalue weighted by molar-refractivity contribution is -0.118. The molecule has 0 aliphatic carbocycles. The average molecular weight is 445 g/mol. The Morgan fingerprint density at radius 3 is 2.68 bits per heavy atom. The molecule has 1 heterocycles. The summed E-state index contributed by atoms with van der Waals surface area (Å²) in [4.78, 5) is 24.3. The molecule has 28 heavy (non-hydrogen) atoms. The molecule has 0 unspecified atom stereocenters. The van der Waals surface area contributed by atoms with Gasteiger partial charge in [0.15, 0.2) is 12.3 Å². The van der Waals surface area contributed by atoms with Crippen LogP contribution in [0.25, 0.3) is 11.3 Å². The fourth-order valence-corrected chi connectivity index (χ4v) is 2.80. The number of carbonyl (C=O) groups is 2. The van der Waals surface area contributed by atoms with Gasteiger partial charge in [-0.2, -0.15) is 10.3 Å². The van der Waals surface area contributed by atoms with E-state index in [4.69, 9.17) is 9.47 Å². The Labute approximate surface area is 169 Å². The van der Waals surface area contributed by atoms with Gasteiger partial charge in [-0.05, 0) is 37.3 Å². The second-order valence-electron chi connectivity index (χ2n) is 5.58. The van der Waals surface area contributed by atoms with Gasteiger partial charge in [-0.25, -0.2) is 4.79 Å². The number of benzene rings is 2. The molecule has 144 valence electrons. The van der Waals surface area contributed by atoms with Crippen LogP contribution >= 0.6 is 15.9 Å². The molecule has 0 aliphatic heterocycles. The Balaban J connectivity index is 1.79. The zero-order chi connectivity index (χ0) is 19.9. The van der Waals surface area contributed by atoms with Crippen molar-refractivity contribution >= 4 is 33.5 Å². The van der Waals surface area contributed by atoms with E-state index in [2.05, 4.69) is 36.7 Å². The number of aromatic amines is 1. The number of hydrogen-bond donors (Lipinski definition) is 2. The minimum absolute atomic E-state index is 0.0403. The number of nitrogens with one attached hydrogen (secondary N) is 2. The van der Waals surface area contributed by atoms with Gasteiger partial charge in [-0.3, -0.25) is 4.79 Å². The van der Waals surface area contributed by atoms with Crippen molar-refractivity contribution in [1.82, 2.24) is 15.4 Å². The number of H-pyrrole nitrogens is 1. The van der Waals surface area contributed by atoms with Crippen molar-refractivity contribution in [3.63, 3.8) is 0 Å². The van der Waals surface area contributed by atoms with Gasteiger partial charge in [0.2, 0.25) is 0 Å². The number of carbonyl (C=O) groups excluding carboxylic acids is 2. The van der Waals surface area contributed by atoms with Crippen molar-refractivity contribution in [3.05, 3.63) is 58.7 Å². The number of rotatable bonds is 7. The van der Waals surface area contributed by atoms with E-state index in [1.807, 2.05) is 18.2 Å². The first kappa shape index (κ1) is 19.6. The zero-order valence-electron chi connectivity index (χ0n) is 14.9. The number of aromatic nitrogens is 3. The number of amides is 1. The molecule has 9 heteroatoms. The number of esters is 1. The third-order valence-electron chi connectivity index (χ3n) is 3.63. The van der Waals surface area contributed by atoms with Gasteiger partial charge in [0.1, 0.15) is 11.4 Å². The lowest BCUT2D eigenvalue weighted by Gasteiger charge is -2.11. The molecule has 8 nitrogen and oxygen atoms in total. The molecule has 1 aromatic heterocycles. The van der Waals surface area contributed by atoms with E-state index in [0.29, 0.717) is 17.0 Å². The summed E-state index contributed by atoms with van der Waals surface area (Å²) in [6.45, 7) is 1.71. The largest absolute Gasteiger partial charge is 0.483 e. The predicted molar refractivity (Wildman–Crippen MR) is 106 cm³/mol. The maximum atomic E-state index is 12.2. The van der Waals surface area contributed by atoms with E-state index in [1.165, 1.54) is 0 Å². The SMILES string of the molecule is CCOC(=O)c1n[nH]nc1-c1cc(Br)ccc1OCC(=O)Nc1ccccc1. The molecule has 0 fully saturated rings. The molecule has 0 radical (unpaired) electrons. The van der Waals surface area contributed by atoms with Crippen LogP contribution in [0.15, 0.2) is 53.0 Å². The number of ether oxygens (including phenoxy) is 2. The van der Waals surface area contributed by atoms with E-state index < -0.39 is 5.97 Å². The van der Waals surface area contributed by atoms with E-state index in [-0.39, 0.29) is 30.5 Å². The topological polar surface area (TPSA) is 106 Å². The fraction of sp³-hybridized carbons (Fsp3) is 0.158. The highest BCUT2D eigenvalue weighted by atomic mass is 79.9. The molecule has 0 bridgehead atoms. The van der Waals surface area contributed by atoms with Crippen LogP contribution in [-0.2, 0) is 9.53 Å². The third-order valence-corrected chi connectivity index (χ3v) is 4.12. The number of nitrogens with zero attached hydrogens (tertiary/aromatic N) is 2. The van der Waals surface area contributed by atoms with Gasteiger partial charge in [-0.15, -0.1) is 5.10 Å². The van der Waals surface area contributed by atoms with Crippen LogP contribution in [-0.4, -0.2) is 40.5 Å². The van der Waals surface area contributed by atoms with E-state index in [9.17, 15) is 9.59 Å². The first-order valence-electron chi connectivity index (χ1n) is 8.44. The molecule has 1 amide bonds. The maximum Gasteiger partial charge on any atom is 0.361 e. The summed E-state index contributed by atoms with van der Waals surface area (Å²) in [6, 6.07) is 14.2. The highest BCUT2D eigenvalue weighted by molar-refractivity contribution is 9.10. The minimum atomic E-state index is -0.598. The Hall–Kier alpha value is -3.20. The van der Waals surface area contributed by atoms with Crippen molar-refractivity contribution in [3.8, 4) is 17.0 Å². The summed E-state index contributed by atoms with van der Waals surface area (Å²) in [5.41, 5.74) is 1.49. The van der Waals surface area contributed by atoms with E-state index in [0.717, 1.165) is 4.47 Å². The molecule has 0 atom stereocenters. The van der Waals surface area contributed by atoms with Crippen LogP contribution < -0.4 is 10.1 Å². The Morgan fingerprint density at radius 2 is 1.93 bits per heavy atom. The maximum absolute atomic E-state index is 12.2. The van der Waals surface area contributed by atoms with Crippen molar-refractivity contribution in [2.45, 2.75) is 6.92 Å². The van der Waals surface area contributed by atoms with Crippen molar-refractivity contribution in [1.29, 1.82) is 0 Å². The lowest BCUT2D eigenvalue weighted by atomic mass is 10.1. The monoisotopic (exact) mass is 444 g/mol. The molecular formula is C19H17BrN4O4. The summed E-state index contributed by atoms with van der Waals surface area (Å²) in [5.74, 6) is -0.532. The second-order valence-corrected chi connectivity index (χ2v) is 6.50. The summed E-state index contributed by atoms with van der Waals surface area (Å²) in [5, 5.41) is 13.1. The van der Waals surface area contributed by atoms with E-state index >= 15 is 0 Å². The fourth-order valence-electron chi connectivity index (χ4n) is 2.44. The Morgan fingerprint density at radius 1 is 1.14 bits per heavy atom. The predicted octanol–water partition coefficient (Wildman–Crippen LogP) is 3.43.